The first-order valence-electron chi connectivity index (χ1n) is 11.8. The molecular formula is C28H26ClN5O2. The van der Waals surface area contributed by atoms with Crippen molar-refractivity contribution < 1.29 is 9.59 Å². The van der Waals surface area contributed by atoms with Gasteiger partial charge in [-0.1, -0.05) is 60.1 Å². The summed E-state index contributed by atoms with van der Waals surface area (Å²) in [5.74, 6) is -0.210. The van der Waals surface area contributed by atoms with E-state index in [1.807, 2.05) is 79.9 Å². The molecule has 0 bridgehead atoms. The number of amides is 3. The molecule has 8 heteroatoms. The highest BCUT2D eigenvalue weighted by Gasteiger charge is 2.32. The Morgan fingerprint density at radius 2 is 1.81 bits per heavy atom. The smallest absolute Gasteiger partial charge is 0.318 e. The molecule has 4 aromatic rings. The Balaban J connectivity index is 1.40. The van der Waals surface area contributed by atoms with Crippen molar-refractivity contribution in [2.45, 2.75) is 26.1 Å². The summed E-state index contributed by atoms with van der Waals surface area (Å²) >= 11 is 6.58. The van der Waals surface area contributed by atoms with E-state index in [0.717, 1.165) is 22.5 Å². The molecule has 3 aromatic carbocycles. The number of nitrogens with zero attached hydrogens (tertiary/aromatic N) is 4. The maximum Gasteiger partial charge on any atom is 0.318 e. The Morgan fingerprint density at radius 1 is 1.03 bits per heavy atom. The zero-order valence-corrected chi connectivity index (χ0v) is 20.6. The van der Waals surface area contributed by atoms with E-state index in [0.29, 0.717) is 30.2 Å². The van der Waals surface area contributed by atoms with Gasteiger partial charge in [-0.3, -0.25) is 4.79 Å². The first kappa shape index (κ1) is 23.6. The van der Waals surface area contributed by atoms with Crippen molar-refractivity contribution in [1.82, 2.24) is 20.0 Å². The van der Waals surface area contributed by atoms with Crippen LogP contribution in [0.15, 0.2) is 91.3 Å². The Bertz CT molecular complexity index is 1370. The number of halogens is 1. The number of carbonyl (C=O) groups is 2. The third-order valence-electron chi connectivity index (χ3n) is 6.35. The van der Waals surface area contributed by atoms with Crippen LogP contribution < -0.4 is 10.2 Å². The predicted octanol–water partition coefficient (Wildman–Crippen LogP) is 5.29. The fourth-order valence-electron chi connectivity index (χ4n) is 4.43. The van der Waals surface area contributed by atoms with Gasteiger partial charge in [0.1, 0.15) is 0 Å². The molecule has 1 aliphatic rings. The minimum absolute atomic E-state index is 0.169. The fourth-order valence-corrected chi connectivity index (χ4v) is 4.69. The van der Waals surface area contributed by atoms with E-state index in [1.54, 1.807) is 32.8 Å². The lowest BCUT2D eigenvalue weighted by atomic mass is 10.1. The highest BCUT2D eigenvalue weighted by Crippen LogP contribution is 2.30. The SMILES string of the molecule is C[C@@H]1CN(C(=O)c2ccc(-n3cccn3)cc2Cl)c2ccccc2CN1C(=O)NCc1ccccc1. The predicted molar refractivity (Wildman–Crippen MR) is 140 cm³/mol. The van der Waals surface area contributed by atoms with E-state index < -0.39 is 0 Å². The van der Waals surface area contributed by atoms with Crippen molar-refractivity contribution in [2.75, 3.05) is 11.4 Å². The minimum Gasteiger partial charge on any atom is -0.334 e. The van der Waals surface area contributed by atoms with Crippen LogP contribution in [0.3, 0.4) is 0 Å². The molecule has 7 nitrogen and oxygen atoms in total. The second kappa shape index (κ2) is 10.3. The van der Waals surface area contributed by atoms with Gasteiger partial charge < -0.3 is 15.1 Å². The Hall–Kier alpha value is -4.10. The normalized spacial score (nSPS) is 15.2. The number of benzene rings is 3. The molecule has 36 heavy (non-hydrogen) atoms. The Morgan fingerprint density at radius 3 is 2.56 bits per heavy atom. The first-order chi connectivity index (χ1) is 17.5. The average molecular weight is 500 g/mol. The van der Waals surface area contributed by atoms with Gasteiger partial charge in [-0.2, -0.15) is 5.10 Å². The second-order valence-electron chi connectivity index (χ2n) is 8.78. The summed E-state index contributed by atoms with van der Waals surface area (Å²) in [4.78, 5) is 30.4. The van der Waals surface area contributed by atoms with Crippen LogP contribution in [0.25, 0.3) is 5.69 Å². The van der Waals surface area contributed by atoms with Crippen LogP contribution in [-0.2, 0) is 13.1 Å². The van der Waals surface area contributed by atoms with Crippen molar-refractivity contribution in [3.8, 4) is 5.69 Å². The number of para-hydroxylation sites is 1. The summed E-state index contributed by atoms with van der Waals surface area (Å²) in [6.45, 7) is 3.13. The zero-order chi connectivity index (χ0) is 25.1. The van der Waals surface area contributed by atoms with Gasteiger partial charge in [0.05, 0.1) is 16.3 Å². The highest BCUT2D eigenvalue weighted by atomic mass is 35.5. The number of aromatic nitrogens is 2. The van der Waals surface area contributed by atoms with Gasteiger partial charge in [0, 0.05) is 43.8 Å². The lowest BCUT2D eigenvalue weighted by Gasteiger charge is -2.29. The molecule has 0 radical (unpaired) electrons. The molecule has 0 fully saturated rings. The van der Waals surface area contributed by atoms with E-state index in [-0.39, 0.29) is 18.0 Å². The monoisotopic (exact) mass is 499 g/mol. The molecule has 3 amide bonds. The van der Waals surface area contributed by atoms with Crippen LogP contribution in [0.4, 0.5) is 10.5 Å². The standard InChI is InChI=1S/C28H26ClN5O2/c1-20-18-33(27(35)24-13-12-23(16-25(24)29)34-15-7-14-31-34)26-11-6-5-10-22(26)19-32(20)28(36)30-17-21-8-3-2-4-9-21/h2-16,20H,17-19H2,1H3,(H,30,36)/t20-/m1/s1. The van der Waals surface area contributed by atoms with Gasteiger partial charge in [-0.15, -0.1) is 0 Å². The number of anilines is 1. The molecule has 1 aromatic heterocycles. The molecule has 1 N–H and O–H groups in total. The number of rotatable bonds is 4. The number of carbonyl (C=O) groups excluding carboxylic acids is 2. The van der Waals surface area contributed by atoms with Crippen LogP contribution in [0.1, 0.15) is 28.4 Å². The van der Waals surface area contributed by atoms with Crippen molar-refractivity contribution >= 4 is 29.2 Å². The summed E-state index contributed by atoms with van der Waals surface area (Å²) in [5.41, 5.74) is 3.87. The molecule has 0 saturated carbocycles. The van der Waals surface area contributed by atoms with E-state index in [9.17, 15) is 9.59 Å². The van der Waals surface area contributed by atoms with Crippen LogP contribution in [-0.4, -0.2) is 39.2 Å². The lowest BCUT2D eigenvalue weighted by Crippen LogP contribution is -2.48. The Labute approximate surface area is 214 Å². The van der Waals surface area contributed by atoms with Crippen LogP contribution in [0, 0.1) is 0 Å². The van der Waals surface area contributed by atoms with Gasteiger partial charge >= 0.3 is 6.03 Å². The summed E-state index contributed by atoms with van der Waals surface area (Å²) in [6.07, 6.45) is 3.50. The molecule has 1 atom stereocenters. The molecule has 5 rings (SSSR count). The average Bonchev–Trinajstić information content (AvgIpc) is 3.40. The first-order valence-corrected chi connectivity index (χ1v) is 12.2. The Kier molecular flexibility index (Phi) is 6.73. The number of urea groups is 1. The van der Waals surface area contributed by atoms with Crippen LogP contribution in [0.5, 0.6) is 0 Å². The van der Waals surface area contributed by atoms with Crippen molar-refractivity contribution in [3.05, 3.63) is 113 Å². The molecule has 0 saturated heterocycles. The van der Waals surface area contributed by atoms with Crippen LogP contribution in [0.2, 0.25) is 5.02 Å². The lowest BCUT2D eigenvalue weighted by molar-refractivity contribution is 0.0980. The number of hydrogen-bond donors (Lipinski definition) is 1. The van der Waals surface area contributed by atoms with E-state index in [2.05, 4.69) is 10.4 Å². The summed E-state index contributed by atoms with van der Waals surface area (Å²) in [5, 5.41) is 7.59. The number of hydrogen-bond acceptors (Lipinski definition) is 3. The van der Waals surface area contributed by atoms with E-state index in [4.69, 9.17) is 11.6 Å². The molecule has 0 unspecified atom stereocenters. The second-order valence-corrected chi connectivity index (χ2v) is 9.19. The highest BCUT2D eigenvalue weighted by molar-refractivity contribution is 6.34. The third kappa shape index (κ3) is 4.83. The van der Waals surface area contributed by atoms with E-state index in [1.165, 1.54) is 0 Å². The molecular weight excluding hydrogens is 474 g/mol. The summed E-state index contributed by atoms with van der Waals surface area (Å²) in [7, 11) is 0. The maximum absolute atomic E-state index is 13.8. The molecule has 1 aliphatic heterocycles. The number of fused-ring (bicyclic) bond motifs is 1. The minimum atomic E-state index is -0.223. The van der Waals surface area contributed by atoms with Crippen LogP contribution >= 0.6 is 11.6 Å². The molecule has 182 valence electrons. The molecule has 0 aliphatic carbocycles. The zero-order valence-electron chi connectivity index (χ0n) is 19.8. The largest absolute Gasteiger partial charge is 0.334 e. The van der Waals surface area contributed by atoms with Crippen molar-refractivity contribution in [3.63, 3.8) is 0 Å². The van der Waals surface area contributed by atoms with Crippen molar-refractivity contribution in [1.29, 1.82) is 0 Å². The quantitative estimate of drug-likeness (QED) is 0.415. The van der Waals surface area contributed by atoms with Crippen molar-refractivity contribution in [2.24, 2.45) is 0 Å². The van der Waals surface area contributed by atoms with Gasteiger partial charge in [0.15, 0.2) is 0 Å². The third-order valence-corrected chi connectivity index (χ3v) is 6.66. The van der Waals surface area contributed by atoms with Gasteiger partial charge in [0.25, 0.3) is 5.91 Å². The fraction of sp³-hybridized carbons (Fsp3) is 0.179. The van der Waals surface area contributed by atoms with E-state index >= 15 is 0 Å². The molecule has 2 heterocycles. The topological polar surface area (TPSA) is 70.5 Å². The molecule has 0 spiro atoms. The summed E-state index contributed by atoms with van der Waals surface area (Å²) in [6, 6.07) is 24.2. The van der Waals surface area contributed by atoms with Gasteiger partial charge in [-0.25, -0.2) is 9.48 Å². The van der Waals surface area contributed by atoms with Gasteiger partial charge in [-0.05, 0) is 48.4 Å². The number of nitrogens with one attached hydrogen (secondary N) is 1. The summed E-state index contributed by atoms with van der Waals surface area (Å²) < 4.78 is 1.69. The van der Waals surface area contributed by atoms with Gasteiger partial charge in [0.2, 0.25) is 0 Å². The maximum atomic E-state index is 13.8.